The molecule has 0 spiro atoms. The van der Waals surface area contributed by atoms with Crippen LogP contribution in [-0.2, 0) is 27.3 Å². The van der Waals surface area contributed by atoms with E-state index in [0.717, 1.165) is 37.2 Å². The number of aromatic nitrogens is 3. The number of carbonyl (C=O) groups is 2. The Hall–Kier alpha value is -2.68. The van der Waals surface area contributed by atoms with Crippen LogP contribution in [0.4, 0.5) is 0 Å². The second kappa shape index (κ2) is 8.59. The zero-order valence-corrected chi connectivity index (χ0v) is 17.6. The van der Waals surface area contributed by atoms with Gasteiger partial charge in [0.1, 0.15) is 0 Å². The summed E-state index contributed by atoms with van der Waals surface area (Å²) >= 11 is 0. The molecule has 0 unspecified atom stereocenters. The van der Waals surface area contributed by atoms with Crippen LogP contribution in [0, 0.1) is 0 Å². The highest BCUT2D eigenvalue weighted by atomic mass is 16.5. The van der Waals surface area contributed by atoms with Gasteiger partial charge in [0.15, 0.2) is 5.65 Å². The van der Waals surface area contributed by atoms with Crippen molar-refractivity contribution in [1.29, 1.82) is 0 Å². The molecule has 1 N–H and O–H groups in total. The molecule has 4 rings (SSSR count). The van der Waals surface area contributed by atoms with Gasteiger partial charge in [-0.15, -0.1) is 0 Å². The lowest BCUT2D eigenvalue weighted by molar-refractivity contribution is -0.135. The standard InChI is InChI=1S/C21H29N5O4/c1-3-19(27)25-9-5-4-6-17(25)16-12-18-22-15-7-10-24(20(28)8-11-30-2)13-14(15)21(29)26(18)23-16/h12,17,23H,3-11,13H2,1-2H3/t17-/m0/s1. The molecule has 162 valence electrons. The quantitative estimate of drug-likeness (QED) is 0.796. The molecule has 2 amide bonds. The number of piperidine rings is 1. The maximum Gasteiger partial charge on any atom is 0.277 e. The second-order valence-corrected chi connectivity index (χ2v) is 8.01. The van der Waals surface area contributed by atoms with Gasteiger partial charge in [0.05, 0.1) is 42.6 Å². The van der Waals surface area contributed by atoms with E-state index in [1.807, 2.05) is 17.9 Å². The molecule has 1 atom stereocenters. The van der Waals surface area contributed by atoms with Crippen molar-refractivity contribution in [3.8, 4) is 0 Å². The van der Waals surface area contributed by atoms with E-state index >= 15 is 0 Å². The summed E-state index contributed by atoms with van der Waals surface area (Å²) in [5.41, 5.74) is 2.56. The monoisotopic (exact) mass is 415 g/mol. The number of rotatable bonds is 5. The number of ether oxygens (including phenoxy) is 1. The van der Waals surface area contributed by atoms with Crippen molar-refractivity contribution in [3.63, 3.8) is 0 Å². The van der Waals surface area contributed by atoms with Crippen LogP contribution in [0.2, 0.25) is 0 Å². The fourth-order valence-corrected chi connectivity index (χ4v) is 4.49. The Balaban J connectivity index is 1.65. The van der Waals surface area contributed by atoms with Crippen molar-refractivity contribution in [2.75, 3.05) is 26.8 Å². The molecular formula is C21H29N5O4. The first kappa shape index (κ1) is 20.6. The van der Waals surface area contributed by atoms with Crippen molar-refractivity contribution in [3.05, 3.63) is 33.4 Å². The molecule has 2 aliphatic heterocycles. The van der Waals surface area contributed by atoms with Gasteiger partial charge in [-0.3, -0.25) is 19.5 Å². The Morgan fingerprint density at radius 2 is 2.10 bits per heavy atom. The third-order valence-corrected chi connectivity index (χ3v) is 6.14. The topological polar surface area (TPSA) is 100 Å². The average Bonchev–Trinajstić information content (AvgIpc) is 3.21. The summed E-state index contributed by atoms with van der Waals surface area (Å²) in [4.78, 5) is 46.2. The Bertz CT molecular complexity index is 1010. The van der Waals surface area contributed by atoms with E-state index < -0.39 is 0 Å². The molecular weight excluding hydrogens is 386 g/mol. The molecule has 0 aliphatic carbocycles. The summed E-state index contributed by atoms with van der Waals surface area (Å²) in [7, 11) is 1.57. The lowest BCUT2D eigenvalue weighted by atomic mass is 9.99. The van der Waals surface area contributed by atoms with E-state index in [0.29, 0.717) is 43.6 Å². The summed E-state index contributed by atoms with van der Waals surface area (Å²) in [6.07, 6.45) is 4.25. The van der Waals surface area contributed by atoms with Gasteiger partial charge in [0.25, 0.3) is 5.56 Å². The zero-order chi connectivity index (χ0) is 21.3. The molecule has 2 aliphatic rings. The number of fused-ring (bicyclic) bond motifs is 2. The highest BCUT2D eigenvalue weighted by Gasteiger charge is 2.30. The molecule has 9 nitrogen and oxygen atoms in total. The molecule has 1 saturated heterocycles. The number of nitrogens with one attached hydrogen (secondary N) is 1. The van der Waals surface area contributed by atoms with Crippen molar-refractivity contribution in [2.24, 2.45) is 0 Å². The smallest absolute Gasteiger partial charge is 0.277 e. The van der Waals surface area contributed by atoms with Crippen LogP contribution in [0.25, 0.3) is 5.65 Å². The van der Waals surface area contributed by atoms with E-state index in [9.17, 15) is 14.4 Å². The molecule has 0 radical (unpaired) electrons. The highest BCUT2D eigenvalue weighted by Crippen LogP contribution is 2.31. The first-order valence-corrected chi connectivity index (χ1v) is 10.7. The van der Waals surface area contributed by atoms with Gasteiger partial charge in [-0.2, -0.15) is 0 Å². The average molecular weight is 415 g/mol. The van der Waals surface area contributed by atoms with E-state index in [1.54, 1.807) is 12.0 Å². The third kappa shape index (κ3) is 3.74. The predicted molar refractivity (Wildman–Crippen MR) is 110 cm³/mol. The minimum absolute atomic E-state index is 0.0184. The van der Waals surface area contributed by atoms with Crippen LogP contribution < -0.4 is 5.56 Å². The molecule has 0 bridgehead atoms. The molecule has 9 heteroatoms. The predicted octanol–water partition coefficient (Wildman–Crippen LogP) is 1.41. The van der Waals surface area contributed by atoms with E-state index in [1.165, 1.54) is 4.52 Å². The van der Waals surface area contributed by atoms with Gasteiger partial charge >= 0.3 is 0 Å². The second-order valence-electron chi connectivity index (χ2n) is 8.01. The first-order chi connectivity index (χ1) is 14.5. The number of carbonyl (C=O) groups excluding carboxylic acids is 2. The van der Waals surface area contributed by atoms with Gasteiger partial charge in [-0.1, -0.05) is 6.92 Å². The number of amides is 2. The molecule has 2 aromatic rings. The van der Waals surface area contributed by atoms with Crippen LogP contribution in [-0.4, -0.2) is 63.0 Å². The summed E-state index contributed by atoms with van der Waals surface area (Å²) in [6.45, 7) is 3.80. The lowest BCUT2D eigenvalue weighted by Gasteiger charge is -2.35. The van der Waals surface area contributed by atoms with E-state index in [4.69, 9.17) is 9.72 Å². The van der Waals surface area contributed by atoms with Crippen molar-refractivity contribution in [1.82, 2.24) is 24.4 Å². The van der Waals surface area contributed by atoms with Crippen molar-refractivity contribution >= 4 is 17.5 Å². The number of likely N-dealkylation sites (tertiary alicyclic amines) is 1. The van der Waals surface area contributed by atoms with Gasteiger partial charge in [0.2, 0.25) is 11.8 Å². The molecule has 2 aromatic heterocycles. The number of hydrogen-bond donors (Lipinski definition) is 1. The van der Waals surface area contributed by atoms with Gasteiger partial charge in [0, 0.05) is 39.1 Å². The first-order valence-electron chi connectivity index (χ1n) is 10.7. The number of aromatic amines is 1. The van der Waals surface area contributed by atoms with E-state index in [2.05, 4.69) is 5.10 Å². The van der Waals surface area contributed by atoms with Crippen LogP contribution >= 0.6 is 0 Å². The highest BCUT2D eigenvalue weighted by molar-refractivity contribution is 5.77. The summed E-state index contributed by atoms with van der Waals surface area (Å²) in [5, 5.41) is 3.20. The van der Waals surface area contributed by atoms with Crippen LogP contribution in [0.15, 0.2) is 10.9 Å². The van der Waals surface area contributed by atoms with Crippen LogP contribution in [0.1, 0.15) is 62.0 Å². The van der Waals surface area contributed by atoms with Crippen LogP contribution in [0.3, 0.4) is 0 Å². The fraction of sp³-hybridized carbons (Fsp3) is 0.619. The fourth-order valence-electron chi connectivity index (χ4n) is 4.49. The minimum atomic E-state index is -0.172. The minimum Gasteiger partial charge on any atom is -0.384 e. The van der Waals surface area contributed by atoms with Gasteiger partial charge in [-0.05, 0) is 19.3 Å². The molecule has 1 fully saturated rings. The number of methoxy groups -OCH3 is 1. The number of hydrogen-bond acceptors (Lipinski definition) is 5. The summed E-state index contributed by atoms with van der Waals surface area (Å²) < 4.78 is 6.45. The SMILES string of the molecule is CCC(=O)N1CCCC[C@H]1c1cc2nc3c(c(=O)n2[nH]1)CN(C(=O)CCOC)CC3. The number of nitrogens with zero attached hydrogens (tertiary/aromatic N) is 4. The Morgan fingerprint density at radius 3 is 2.87 bits per heavy atom. The van der Waals surface area contributed by atoms with Crippen LogP contribution in [0.5, 0.6) is 0 Å². The molecule has 0 aromatic carbocycles. The summed E-state index contributed by atoms with van der Waals surface area (Å²) in [6, 6.07) is 1.83. The van der Waals surface area contributed by atoms with Crippen molar-refractivity contribution in [2.45, 2.75) is 58.0 Å². The normalized spacial score (nSPS) is 19.2. The largest absolute Gasteiger partial charge is 0.384 e. The maximum atomic E-state index is 13.2. The molecule has 30 heavy (non-hydrogen) atoms. The van der Waals surface area contributed by atoms with Gasteiger partial charge < -0.3 is 14.5 Å². The maximum absolute atomic E-state index is 13.2. The Morgan fingerprint density at radius 1 is 1.27 bits per heavy atom. The summed E-state index contributed by atoms with van der Waals surface area (Å²) in [5.74, 6) is 0.110. The Kier molecular flexibility index (Phi) is 5.90. The number of H-pyrrole nitrogens is 1. The zero-order valence-electron chi connectivity index (χ0n) is 17.6. The molecule has 0 saturated carbocycles. The molecule has 4 heterocycles. The lowest BCUT2D eigenvalue weighted by Crippen LogP contribution is -2.40. The third-order valence-electron chi connectivity index (χ3n) is 6.14. The Labute approximate surface area is 175 Å². The van der Waals surface area contributed by atoms with E-state index in [-0.39, 0.29) is 30.0 Å². The van der Waals surface area contributed by atoms with Crippen molar-refractivity contribution < 1.29 is 14.3 Å². The van der Waals surface area contributed by atoms with Gasteiger partial charge in [-0.25, -0.2) is 9.50 Å².